The van der Waals surface area contributed by atoms with Crippen molar-refractivity contribution in [3.8, 4) is 0 Å². The molecular formula is C14H14BrN3OS2. The molecule has 110 valence electrons. The molecule has 0 saturated carbocycles. The van der Waals surface area contributed by atoms with Crippen molar-refractivity contribution < 1.29 is 4.79 Å². The molecule has 0 radical (unpaired) electrons. The Hall–Kier alpha value is -1.18. The molecule has 0 aromatic carbocycles. The number of nitrogens with one attached hydrogen (secondary N) is 1. The summed E-state index contributed by atoms with van der Waals surface area (Å²) in [7, 11) is 1.90. The number of aromatic nitrogens is 2. The van der Waals surface area contributed by atoms with Gasteiger partial charge in [-0.1, -0.05) is 0 Å². The Balaban J connectivity index is 1.65. The van der Waals surface area contributed by atoms with Gasteiger partial charge in [-0.05, 0) is 47.5 Å². The quantitative estimate of drug-likeness (QED) is 0.745. The summed E-state index contributed by atoms with van der Waals surface area (Å²) in [6, 6.07) is 6.04. The number of hydrogen-bond acceptors (Lipinski definition) is 4. The van der Waals surface area contributed by atoms with E-state index in [-0.39, 0.29) is 5.91 Å². The molecule has 0 aliphatic heterocycles. The molecule has 0 fully saturated rings. The maximum atomic E-state index is 12.2. The number of aryl methyl sites for hydroxylation is 2. The Labute approximate surface area is 138 Å². The highest BCUT2D eigenvalue weighted by Gasteiger charge is 2.14. The lowest BCUT2D eigenvalue weighted by Gasteiger charge is -2.01. The van der Waals surface area contributed by atoms with Crippen LogP contribution in [0.1, 0.15) is 20.2 Å². The third-order valence-corrected chi connectivity index (χ3v) is 6.09. The average Bonchev–Trinajstić information content (AvgIpc) is 3.09. The monoisotopic (exact) mass is 383 g/mol. The van der Waals surface area contributed by atoms with Crippen LogP contribution in [0.15, 0.2) is 22.0 Å². The lowest BCUT2D eigenvalue weighted by atomic mass is 10.3. The first-order valence-corrected chi connectivity index (χ1v) is 8.93. The van der Waals surface area contributed by atoms with Crippen LogP contribution in [-0.4, -0.2) is 22.2 Å². The van der Waals surface area contributed by atoms with Crippen LogP contribution in [0, 0.1) is 6.92 Å². The second-order valence-electron chi connectivity index (χ2n) is 4.75. The Kier molecular flexibility index (Phi) is 4.14. The molecule has 0 saturated heterocycles. The highest BCUT2D eigenvalue weighted by Crippen LogP contribution is 2.27. The van der Waals surface area contributed by atoms with Gasteiger partial charge in [-0.25, -0.2) is 0 Å². The highest BCUT2D eigenvalue weighted by molar-refractivity contribution is 9.11. The zero-order chi connectivity index (χ0) is 15.0. The number of hydrogen-bond donors (Lipinski definition) is 1. The molecule has 3 aromatic heterocycles. The number of fused-ring (bicyclic) bond motifs is 1. The van der Waals surface area contributed by atoms with Gasteiger partial charge in [0.15, 0.2) is 0 Å². The van der Waals surface area contributed by atoms with Crippen LogP contribution in [0.2, 0.25) is 0 Å². The predicted molar refractivity (Wildman–Crippen MR) is 91.4 cm³/mol. The Morgan fingerprint density at radius 1 is 1.43 bits per heavy atom. The molecule has 0 aliphatic carbocycles. The van der Waals surface area contributed by atoms with Crippen molar-refractivity contribution in [2.24, 2.45) is 7.05 Å². The molecule has 1 amide bonds. The molecule has 3 aromatic rings. The summed E-state index contributed by atoms with van der Waals surface area (Å²) in [4.78, 5) is 15.2. The van der Waals surface area contributed by atoms with Gasteiger partial charge in [-0.15, -0.1) is 22.7 Å². The van der Waals surface area contributed by atoms with Crippen molar-refractivity contribution >= 4 is 54.7 Å². The number of carbonyl (C=O) groups excluding carboxylic acids is 1. The summed E-state index contributed by atoms with van der Waals surface area (Å²) in [5.41, 5.74) is 0.964. The smallest absolute Gasteiger partial charge is 0.261 e. The summed E-state index contributed by atoms with van der Waals surface area (Å²) >= 11 is 6.63. The number of carbonyl (C=O) groups is 1. The van der Waals surface area contributed by atoms with E-state index < -0.39 is 0 Å². The van der Waals surface area contributed by atoms with Gasteiger partial charge in [0.2, 0.25) is 0 Å². The van der Waals surface area contributed by atoms with Crippen LogP contribution in [0.4, 0.5) is 0 Å². The summed E-state index contributed by atoms with van der Waals surface area (Å²) in [6.45, 7) is 2.61. The first-order valence-electron chi connectivity index (χ1n) is 6.50. The van der Waals surface area contributed by atoms with E-state index >= 15 is 0 Å². The zero-order valence-corrected chi connectivity index (χ0v) is 14.9. The molecule has 0 aliphatic rings. The summed E-state index contributed by atoms with van der Waals surface area (Å²) in [5.74, 6) is -0.00813. The molecule has 0 unspecified atom stereocenters. The fourth-order valence-electron chi connectivity index (χ4n) is 2.19. The third-order valence-electron chi connectivity index (χ3n) is 3.21. The zero-order valence-electron chi connectivity index (χ0n) is 11.6. The van der Waals surface area contributed by atoms with E-state index in [1.165, 1.54) is 16.2 Å². The van der Waals surface area contributed by atoms with Gasteiger partial charge in [0, 0.05) is 23.9 Å². The second kappa shape index (κ2) is 5.90. The summed E-state index contributed by atoms with van der Waals surface area (Å²) in [6.07, 6.45) is 0.855. The molecule has 0 bridgehead atoms. The molecule has 21 heavy (non-hydrogen) atoms. The van der Waals surface area contributed by atoms with E-state index in [0.29, 0.717) is 6.54 Å². The fraction of sp³-hybridized carbons (Fsp3) is 0.286. The maximum absolute atomic E-state index is 12.2. The third kappa shape index (κ3) is 3.04. The van der Waals surface area contributed by atoms with Gasteiger partial charge in [-0.3, -0.25) is 9.48 Å². The molecule has 0 atom stereocenters. The Morgan fingerprint density at radius 3 is 2.90 bits per heavy atom. The SMILES string of the molecule is Cc1nn(C)c2sc(C(=O)NCCc3ccc(Br)s3)cc12. The van der Waals surface area contributed by atoms with Crippen LogP contribution in [-0.2, 0) is 13.5 Å². The van der Waals surface area contributed by atoms with Gasteiger partial charge in [-0.2, -0.15) is 5.10 Å². The van der Waals surface area contributed by atoms with Gasteiger partial charge >= 0.3 is 0 Å². The molecule has 4 nitrogen and oxygen atoms in total. The van der Waals surface area contributed by atoms with Crippen LogP contribution < -0.4 is 5.32 Å². The normalized spacial score (nSPS) is 11.2. The minimum Gasteiger partial charge on any atom is -0.351 e. The fourth-order valence-corrected chi connectivity index (χ4v) is 4.71. The Bertz CT molecular complexity index is 768. The lowest BCUT2D eigenvalue weighted by molar-refractivity contribution is 0.0958. The van der Waals surface area contributed by atoms with Gasteiger partial charge in [0.05, 0.1) is 14.4 Å². The summed E-state index contributed by atoms with van der Waals surface area (Å²) in [5, 5.41) is 8.39. The minimum absolute atomic E-state index is 0.00813. The second-order valence-corrected chi connectivity index (χ2v) is 8.33. The van der Waals surface area contributed by atoms with Gasteiger partial charge in [0.1, 0.15) is 4.83 Å². The molecule has 3 rings (SSSR count). The van der Waals surface area contributed by atoms with Crippen molar-refractivity contribution in [3.05, 3.63) is 37.4 Å². The van der Waals surface area contributed by atoms with E-state index in [2.05, 4.69) is 32.4 Å². The van der Waals surface area contributed by atoms with Crippen molar-refractivity contribution in [1.29, 1.82) is 0 Å². The Morgan fingerprint density at radius 2 is 2.24 bits per heavy atom. The molecule has 7 heteroatoms. The van der Waals surface area contributed by atoms with Crippen molar-refractivity contribution in [3.63, 3.8) is 0 Å². The van der Waals surface area contributed by atoms with Crippen molar-refractivity contribution in [2.45, 2.75) is 13.3 Å². The molecule has 1 N–H and O–H groups in total. The molecular weight excluding hydrogens is 370 g/mol. The maximum Gasteiger partial charge on any atom is 0.261 e. The van der Waals surface area contributed by atoms with E-state index in [1.54, 1.807) is 11.3 Å². The van der Waals surface area contributed by atoms with Crippen molar-refractivity contribution in [2.75, 3.05) is 6.54 Å². The molecule has 3 heterocycles. The largest absolute Gasteiger partial charge is 0.351 e. The number of nitrogens with zero attached hydrogens (tertiary/aromatic N) is 2. The average molecular weight is 384 g/mol. The van der Waals surface area contributed by atoms with E-state index in [9.17, 15) is 4.79 Å². The van der Waals surface area contributed by atoms with E-state index in [1.807, 2.05) is 30.8 Å². The standard InChI is InChI=1S/C14H14BrN3OS2/c1-8-10-7-11(21-14(10)18(2)17-8)13(19)16-6-5-9-3-4-12(15)20-9/h3-4,7H,5-6H2,1-2H3,(H,16,19). The van der Waals surface area contributed by atoms with Crippen LogP contribution in [0.3, 0.4) is 0 Å². The van der Waals surface area contributed by atoms with Crippen LogP contribution in [0.25, 0.3) is 10.2 Å². The number of amides is 1. The summed E-state index contributed by atoms with van der Waals surface area (Å²) < 4.78 is 2.95. The molecule has 0 spiro atoms. The lowest BCUT2D eigenvalue weighted by Crippen LogP contribution is -2.24. The topological polar surface area (TPSA) is 46.9 Å². The number of halogens is 1. The van der Waals surface area contributed by atoms with Gasteiger partial charge < -0.3 is 5.32 Å². The van der Waals surface area contributed by atoms with E-state index in [0.717, 1.165) is 31.0 Å². The first-order chi connectivity index (χ1) is 10.0. The first kappa shape index (κ1) is 14.7. The highest BCUT2D eigenvalue weighted by atomic mass is 79.9. The van der Waals surface area contributed by atoms with Crippen LogP contribution in [0.5, 0.6) is 0 Å². The van der Waals surface area contributed by atoms with Crippen LogP contribution >= 0.6 is 38.6 Å². The minimum atomic E-state index is -0.00813. The van der Waals surface area contributed by atoms with E-state index in [4.69, 9.17) is 0 Å². The van der Waals surface area contributed by atoms with Crippen molar-refractivity contribution in [1.82, 2.24) is 15.1 Å². The number of thiophene rings is 2. The van der Waals surface area contributed by atoms with Gasteiger partial charge in [0.25, 0.3) is 5.91 Å². The number of rotatable bonds is 4. The predicted octanol–water partition coefficient (Wildman–Crippen LogP) is 3.74.